The fourth-order valence-electron chi connectivity index (χ4n) is 3.26. The minimum atomic E-state index is -1.03. The van der Waals surface area contributed by atoms with E-state index in [-0.39, 0.29) is 11.4 Å². The van der Waals surface area contributed by atoms with Crippen molar-refractivity contribution in [1.29, 1.82) is 0 Å². The zero-order valence-corrected chi connectivity index (χ0v) is 14.8. The van der Waals surface area contributed by atoms with Crippen LogP contribution < -0.4 is 10.2 Å². The number of carbonyl (C=O) groups is 3. The lowest BCUT2D eigenvalue weighted by Crippen LogP contribution is -2.43. The number of nitro groups is 1. The maximum atomic E-state index is 12.8. The first-order valence-corrected chi connectivity index (χ1v) is 8.61. The Kier molecular flexibility index (Phi) is 4.47. The van der Waals surface area contributed by atoms with Crippen LogP contribution in [0.5, 0.6) is 0 Å². The molecule has 2 heterocycles. The highest BCUT2D eigenvalue weighted by atomic mass is 16.6. The second kappa shape index (κ2) is 7.11. The van der Waals surface area contributed by atoms with Crippen molar-refractivity contribution in [3.8, 4) is 0 Å². The maximum absolute atomic E-state index is 12.8. The van der Waals surface area contributed by atoms with Crippen LogP contribution in [0.3, 0.4) is 0 Å². The van der Waals surface area contributed by atoms with E-state index < -0.39 is 41.3 Å². The number of hydrogen-bond donors (Lipinski definition) is 1. The van der Waals surface area contributed by atoms with E-state index in [9.17, 15) is 24.5 Å². The van der Waals surface area contributed by atoms with Gasteiger partial charge >= 0.3 is 0 Å². The van der Waals surface area contributed by atoms with Gasteiger partial charge in [0.1, 0.15) is 12.2 Å². The SMILES string of the molecule is O=C(CN1N=N[C@H]2C(=O)N(c3ccccc3)C(=O)[C@H]21)Nc1ccccc1[N+](=O)[O-]. The monoisotopic (exact) mass is 394 g/mol. The number of fused-ring (bicyclic) bond motifs is 1. The van der Waals surface area contributed by atoms with E-state index in [1.54, 1.807) is 36.4 Å². The number of para-hydroxylation sites is 3. The average Bonchev–Trinajstić information content (AvgIpc) is 3.22. The highest BCUT2D eigenvalue weighted by Crippen LogP contribution is 2.31. The van der Waals surface area contributed by atoms with E-state index in [0.29, 0.717) is 5.69 Å². The van der Waals surface area contributed by atoms with Crippen molar-refractivity contribution in [2.45, 2.75) is 12.1 Å². The van der Waals surface area contributed by atoms with Crippen molar-refractivity contribution in [3.63, 3.8) is 0 Å². The number of rotatable bonds is 5. The van der Waals surface area contributed by atoms with Gasteiger partial charge in [-0.3, -0.25) is 29.5 Å². The fraction of sp³-hybridized carbons (Fsp3) is 0.167. The van der Waals surface area contributed by atoms with Crippen molar-refractivity contribution >= 4 is 34.8 Å². The number of nitrogens with zero attached hydrogens (tertiary/aromatic N) is 5. The molecular formula is C18H14N6O5. The van der Waals surface area contributed by atoms with Crippen molar-refractivity contribution in [2.75, 3.05) is 16.8 Å². The lowest BCUT2D eigenvalue weighted by molar-refractivity contribution is -0.383. The molecule has 2 aliphatic rings. The normalized spacial score (nSPS) is 20.1. The van der Waals surface area contributed by atoms with Crippen molar-refractivity contribution in [2.24, 2.45) is 10.3 Å². The van der Waals surface area contributed by atoms with E-state index in [0.717, 1.165) is 9.91 Å². The lowest BCUT2D eigenvalue weighted by Gasteiger charge is -2.20. The van der Waals surface area contributed by atoms with E-state index in [1.165, 1.54) is 18.2 Å². The minimum Gasteiger partial charge on any atom is -0.319 e. The van der Waals surface area contributed by atoms with Crippen LogP contribution in [0.1, 0.15) is 0 Å². The summed E-state index contributed by atoms with van der Waals surface area (Å²) in [7, 11) is 0. The molecule has 0 spiro atoms. The molecule has 0 bridgehead atoms. The fourth-order valence-corrected chi connectivity index (χ4v) is 3.26. The van der Waals surface area contributed by atoms with E-state index in [4.69, 9.17) is 0 Å². The third-order valence-corrected chi connectivity index (χ3v) is 4.55. The highest BCUT2D eigenvalue weighted by molar-refractivity contribution is 6.25. The van der Waals surface area contributed by atoms with Crippen molar-refractivity contribution in [1.82, 2.24) is 5.01 Å². The summed E-state index contributed by atoms with van der Waals surface area (Å²) in [4.78, 5) is 49.3. The van der Waals surface area contributed by atoms with Gasteiger partial charge in [-0.1, -0.05) is 35.6 Å². The molecule has 0 saturated carbocycles. The van der Waals surface area contributed by atoms with Gasteiger partial charge in [-0.15, -0.1) is 0 Å². The van der Waals surface area contributed by atoms with Gasteiger partial charge in [-0.25, -0.2) is 4.90 Å². The molecule has 0 aromatic heterocycles. The Labute approximate surface area is 163 Å². The molecule has 1 N–H and O–H groups in total. The molecular weight excluding hydrogens is 380 g/mol. The summed E-state index contributed by atoms with van der Waals surface area (Å²) in [5, 5.41) is 22.3. The molecule has 4 rings (SSSR count). The van der Waals surface area contributed by atoms with Gasteiger partial charge in [0.2, 0.25) is 5.91 Å². The Morgan fingerprint density at radius 2 is 1.76 bits per heavy atom. The Balaban J connectivity index is 1.50. The number of nitrogens with one attached hydrogen (secondary N) is 1. The van der Waals surface area contributed by atoms with Crippen LogP contribution in [0.4, 0.5) is 17.1 Å². The second-order valence-electron chi connectivity index (χ2n) is 6.36. The van der Waals surface area contributed by atoms with Crippen LogP contribution in [0.25, 0.3) is 0 Å². The Morgan fingerprint density at radius 3 is 2.48 bits per heavy atom. The summed E-state index contributed by atoms with van der Waals surface area (Å²) < 4.78 is 0. The molecule has 0 radical (unpaired) electrons. The number of benzene rings is 2. The molecule has 11 nitrogen and oxygen atoms in total. The van der Waals surface area contributed by atoms with Crippen LogP contribution >= 0.6 is 0 Å². The first-order valence-electron chi connectivity index (χ1n) is 8.61. The predicted molar refractivity (Wildman–Crippen MR) is 99.8 cm³/mol. The number of nitro benzene ring substituents is 1. The van der Waals surface area contributed by atoms with Crippen LogP contribution in [0.15, 0.2) is 64.9 Å². The van der Waals surface area contributed by atoms with Crippen LogP contribution in [-0.4, -0.2) is 46.3 Å². The summed E-state index contributed by atoms with van der Waals surface area (Å²) in [6.07, 6.45) is 0. The third kappa shape index (κ3) is 3.18. The minimum absolute atomic E-state index is 0.0231. The predicted octanol–water partition coefficient (Wildman–Crippen LogP) is 1.53. The molecule has 3 amide bonds. The van der Waals surface area contributed by atoms with Crippen molar-refractivity contribution in [3.05, 3.63) is 64.7 Å². The summed E-state index contributed by atoms with van der Waals surface area (Å²) in [6, 6.07) is 12.0. The van der Waals surface area contributed by atoms with Gasteiger partial charge < -0.3 is 5.32 Å². The third-order valence-electron chi connectivity index (χ3n) is 4.55. The van der Waals surface area contributed by atoms with Crippen LogP contribution in [-0.2, 0) is 14.4 Å². The van der Waals surface area contributed by atoms with Gasteiger partial charge in [0.25, 0.3) is 17.5 Å². The standard InChI is InChI=1S/C18H14N6O5/c25-14(19-12-8-4-5-9-13(12)24(28)29)10-22-16-15(20-21-22)17(26)23(18(16)27)11-6-2-1-3-7-11/h1-9,15-16H,10H2,(H,19,25)/t15-,16+/m1/s1. The molecule has 0 unspecified atom stereocenters. The molecule has 29 heavy (non-hydrogen) atoms. The molecule has 2 atom stereocenters. The zero-order chi connectivity index (χ0) is 20.5. The Morgan fingerprint density at radius 1 is 1.07 bits per heavy atom. The molecule has 146 valence electrons. The van der Waals surface area contributed by atoms with Gasteiger partial charge in [0.05, 0.1) is 10.6 Å². The molecule has 1 fully saturated rings. The summed E-state index contributed by atoms with van der Waals surface area (Å²) in [6.45, 7) is -0.391. The maximum Gasteiger partial charge on any atom is 0.292 e. The number of carbonyl (C=O) groups excluding carboxylic acids is 3. The van der Waals surface area contributed by atoms with E-state index in [1.807, 2.05) is 0 Å². The average molecular weight is 394 g/mol. The zero-order valence-electron chi connectivity index (χ0n) is 14.8. The molecule has 11 heteroatoms. The molecule has 2 aromatic rings. The Bertz CT molecular complexity index is 1040. The smallest absolute Gasteiger partial charge is 0.292 e. The van der Waals surface area contributed by atoms with Crippen LogP contribution in [0.2, 0.25) is 0 Å². The Hall–Kier alpha value is -4.15. The number of anilines is 2. The molecule has 1 saturated heterocycles. The summed E-state index contributed by atoms with van der Waals surface area (Å²) >= 11 is 0. The van der Waals surface area contributed by atoms with Gasteiger partial charge in [-0.05, 0) is 18.2 Å². The lowest BCUT2D eigenvalue weighted by atomic mass is 10.1. The van der Waals surface area contributed by atoms with Gasteiger partial charge in [0, 0.05) is 6.07 Å². The molecule has 2 aromatic carbocycles. The first-order chi connectivity index (χ1) is 14.0. The van der Waals surface area contributed by atoms with E-state index >= 15 is 0 Å². The first kappa shape index (κ1) is 18.2. The molecule has 2 aliphatic heterocycles. The summed E-state index contributed by atoms with van der Waals surface area (Å²) in [5.74, 6) is -1.68. The van der Waals surface area contributed by atoms with Crippen molar-refractivity contribution < 1.29 is 19.3 Å². The molecule has 0 aliphatic carbocycles. The highest BCUT2D eigenvalue weighted by Gasteiger charge is 2.55. The summed E-state index contributed by atoms with van der Waals surface area (Å²) in [5.41, 5.74) is 0.176. The van der Waals surface area contributed by atoms with E-state index in [2.05, 4.69) is 15.7 Å². The van der Waals surface area contributed by atoms with Gasteiger partial charge in [-0.2, -0.15) is 5.11 Å². The number of hydrogen-bond acceptors (Lipinski definition) is 8. The topological polar surface area (TPSA) is 138 Å². The van der Waals surface area contributed by atoms with Gasteiger partial charge in [0.15, 0.2) is 12.1 Å². The second-order valence-corrected chi connectivity index (χ2v) is 6.36. The number of amides is 3. The number of imide groups is 1. The largest absolute Gasteiger partial charge is 0.319 e. The quantitative estimate of drug-likeness (QED) is 0.464. The van der Waals surface area contributed by atoms with Crippen LogP contribution in [0, 0.1) is 10.1 Å².